The van der Waals surface area contributed by atoms with Crippen LogP contribution in [0, 0.1) is 0 Å². The van der Waals surface area contributed by atoms with E-state index in [-0.39, 0.29) is 6.15 Å². The predicted molar refractivity (Wildman–Crippen MR) is 22.1 cm³/mol. The number of carbonyl (C=O) groups excluding carboxylic acids is 1. The first kappa shape index (κ1) is 8.83. The van der Waals surface area contributed by atoms with E-state index in [1.54, 1.807) is 0 Å². The van der Waals surface area contributed by atoms with Gasteiger partial charge in [-0.05, 0) is 12.8 Å². The van der Waals surface area contributed by atoms with Crippen molar-refractivity contribution in [3.05, 3.63) is 0 Å². The van der Waals surface area contributed by atoms with Crippen LogP contribution in [0.15, 0.2) is 4.40 Å². The first-order valence-corrected chi connectivity index (χ1v) is 1.03. The minimum Gasteiger partial charge on any atom is -0.344 e. The summed E-state index contributed by atoms with van der Waals surface area (Å²) in [7, 11) is 0. The molecule has 0 radical (unpaired) electrons. The molecule has 0 aliphatic rings. The lowest BCUT2D eigenvalue weighted by molar-refractivity contribution is 0.566. The van der Waals surface area contributed by atoms with Crippen LogP contribution in [-0.2, 0) is 4.79 Å². The van der Waals surface area contributed by atoms with Crippen LogP contribution in [0.4, 0.5) is 0 Å². The van der Waals surface area contributed by atoms with Crippen molar-refractivity contribution in [3.8, 4) is 0 Å². The Labute approximate surface area is 35.2 Å². The van der Waals surface area contributed by atoms with Crippen LogP contribution in [0.1, 0.15) is 0 Å². The van der Waals surface area contributed by atoms with Crippen LogP contribution in [-0.4, -0.2) is 6.08 Å². The van der Waals surface area contributed by atoms with Crippen LogP contribution in [0.2, 0.25) is 0 Å². The number of rotatable bonds is 0. The first-order chi connectivity index (χ1) is 1.91. The van der Waals surface area contributed by atoms with Gasteiger partial charge in [0.1, 0.15) is 0 Å². The molecule has 0 saturated heterocycles. The predicted octanol–water partition coefficient (Wildman–Crippen LogP) is 0.329. The van der Waals surface area contributed by atoms with Crippen molar-refractivity contribution in [3.63, 3.8) is 0 Å². The zero-order chi connectivity index (χ0) is 3.41. The normalized spacial score (nSPS) is 3.40. The molecule has 0 spiro atoms. The van der Waals surface area contributed by atoms with Crippen LogP contribution in [0.5, 0.6) is 0 Å². The highest BCUT2D eigenvalue weighted by Gasteiger charge is 1.30. The van der Waals surface area contributed by atoms with Crippen molar-refractivity contribution in [2.75, 3.05) is 0 Å². The summed E-state index contributed by atoms with van der Waals surface area (Å²) in [5, 5.41) is 0. The summed E-state index contributed by atoms with van der Waals surface area (Å²) in [4.78, 5) is 8.81. The summed E-state index contributed by atoms with van der Waals surface area (Å²) < 4.78 is 2.62. The Balaban J connectivity index is 0. The molecule has 0 aliphatic heterocycles. The fraction of sp³-hybridized carbons (Fsp3) is 0. The number of nitrogens with zero attached hydrogens (tertiary/aromatic N) is 1. The highest BCUT2D eigenvalue weighted by Crippen LogP contribution is 1.58. The lowest BCUT2D eigenvalue weighted by atomic mass is 11.7. The van der Waals surface area contributed by atoms with E-state index in [1.165, 1.54) is 6.08 Å². The molecule has 0 rings (SSSR count). The lowest BCUT2D eigenvalue weighted by Crippen LogP contribution is -1.26. The molecule has 3 N–H and O–H groups in total. The molecule has 0 aromatic heterocycles. The molecule has 0 saturated carbocycles. The standard InChI is InChI=1S/CHNOS.H3N/c3-1-2-4;/h4H;1H3. The summed E-state index contributed by atoms with van der Waals surface area (Å²) >= 11 is 3.12. The maximum atomic E-state index is 8.81. The topological polar surface area (TPSA) is 64.4 Å². The molecule has 5 heavy (non-hydrogen) atoms. The average Bonchev–Trinajstić information content (AvgIpc) is 1.37. The van der Waals surface area contributed by atoms with Crippen molar-refractivity contribution >= 4 is 18.9 Å². The van der Waals surface area contributed by atoms with Gasteiger partial charge in [0.25, 0.3) is 0 Å². The summed E-state index contributed by atoms with van der Waals surface area (Å²) in [6.45, 7) is 0. The quantitative estimate of drug-likeness (QED) is 0.257. The lowest BCUT2D eigenvalue weighted by Gasteiger charge is -1.34. The van der Waals surface area contributed by atoms with Crippen LogP contribution in [0.3, 0.4) is 0 Å². The zero-order valence-corrected chi connectivity index (χ0v) is 3.40. The van der Waals surface area contributed by atoms with E-state index in [9.17, 15) is 0 Å². The molecule has 0 unspecified atom stereocenters. The maximum absolute atomic E-state index is 8.81. The van der Waals surface area contributed by atoms with Crippen LogP contribution >= 0.6 is 12.8 Å². The van der Waals surface area contributed by atoms with Gasteiger partial charge < -0.3 is 6.15 Å². The van der Waals surface area contributed by atoms with Gasteiger partial charge in [-0.15, -0.1) is 4.40 Å². The van der Waals surface area contributed by atoms with E-state index in [2.05, 4.69) is 17.2 Å². The number of isocyanates is 1. The summed E-state index contributed by atoms with van der Waals surface area (Å²) in [5.41, 5.74) is 0. The Morgan fingerprint density at radius 2 is 2.00 bits per heavy atom. The van der Waals surface area contributed by atoms with Gasteiger partial charge in [-0.2, -0.15) is 0 Å². The van der Waals surface area contributed by atoms with E-state index < -0.39 is 0 Å². The van der Waals surface area contributed by atoms with Gasteiger partial charge in [0.15, 0.2) is 0 Å². The minimum atomic E-state index is 0. The zero-order valence-electron chi connectivity index (χ0n) is 2.51. The van der Waals surface area contributed by atoms with E-state index in [1.807, 2.05) is 0 Å². The second-order valence-electron chi connectivity index (χ2n) is 0.191. The molecule has 0 amide bonds. The fourth-order valence-electron chi connectivity index (χ4n) is 0. The van der Waals surface area contributed by atoms with Crippen molar-refractivity contribution in [1.82, 2.24) is 6.15 Å². The summed E-state index contributed by atoms with van der Waals surface area (Å²) in [5.74, 6) is 0. The Hall–Kier alpha value is -0.310. The van der Waals surface area contributed by atoms with Gasteiger partial charge in [0.05, 0.1) is 0 Å². The van der Waals surface area contributed by atoms with E-state index in [0.29, 0.717) is 0 Å². The third-order valence-corrected chi connectivity index (χ3v) is 0.122. The molecule has 0 heterocycles. The van der Waals surface area contributed by atoms with Gasteiger partial charge in [-0.25, -0.2) is 4.79 Å². The van der Waals surface area contributed by atoms with Crippen molar-refractivity contribution in [1.29, 1.82) is 0 Å². The smallest absolute Gasteiger partial charge is 0.247 e. The SMILES string of the molecule is N.O=C=NS. The molecular weight excluding hydrogens is 88.1 g/mol. The molecule has 3 nitrogen and oxygen atoms in total. The largest absolute Gasteiger partial charge is 0.344 e. The first-order valence-electron chi connectivity index (χ1n) is 0.628. The number of hydrogen-bond acceptors (Lipinski definition) is 4. The Morgan fingerprint density at radius 3 is 2.00 bits per heavy atom. The van der Waals surface area contributed by atoms with Gasteiger partial charge in [0, 0.05) is 0 Å². The average molecular weight is 92.1 g/mol. The van der Waals surface area contributed by atoms with Gasteiger partial charge in [-0.1, -0.05) is 0 Å². The summed E-state index contributed by atoms with van der Waals surface area (Å²) in [6, 6.07) is 0. The molecule has 0 aliphatic carbocycles. The maximum Gasteiger partial charge on any atom is 0.247 e. The van der Waals surface area contributed by atoms with Crippen molar-refractivity contribution in [2.45, 2.75) is 0 Å². The van der Waals surface area contributed by atoms with E-state index in [4.69, 9.17) is 4.79 Å². The monoisotopic (exact) mass is 92.0 g/mol. The second kappa shape index (κ2) is 9.35. The third-order valence-electron chi connectivity index (χ3n) is 0.0408. The number of thiol groups is 1. The summed E-state index contributed by atoms with van der Waals surface area (Å²) in [6.07, 6.45) is 1.17. The van der Waals surface area contributed by atoms with E-state index >= 15 is 0 Å². The Bertz CT molecular complexity index is 47.6. The van der Waals surface area contributed by atoms with E-state index in [0.717, 1.165) is 0 Å². The molecule has 0 atom stereocenters. The molecule has 0 fully saturated rings. The molecule has 0 aromatic carbocycles. The Kier molecular flexibility index (Phi) is 16.5. The van der Waals surface area contributed by atoms with Crippen molar-refractivity contribution in [2.24, 2.45) is 4.40 Å². The van der Waals surface area contributed by atoms with Crippen LogP contribution < -0.4 is 6.15 Å². The number of hydrogen-bond donors (Lipinski definition) is 2. The Morgan fingerprint density at radius 1 is 1.80 bits per heavy atom. The van der Waals surface area contributed by atoms with Gasteiger partial charge >= 0.3 is 0 Å². The van der Waals surface area contributed by atoms with Crippen molar-refractivity contribution < 1.29 is 4.79 Å². The third kappa shape index (κ3) is 22.1. The molecule has 30 valence electrons. The molecule has 0 bridgehead atoms. The van der Waals surface area contributed by atoms with Gasteiger partial charge in [0.2, 0.25) is 6.08 Å². The highest BCUT2D eigenvalue weighted by molar-refractivity contribution is 7.78. The minimum absolute atomic E-state index is 0. The second-order valence-corrected chi connectivity index (χ2v) is 0.391. The molecule has 0 aromatic rings. The van der Waals surface area contributed by atoms with Gasteiger partial charge in [-0.3, -0.25) is 0 Å². The van der Waals surface area contributed by atoms with Crippen LogP contribution in [0.25, 0.3) is 0 Å². The highest BCUT2D eigenvalue weighted by atomic mass is 32.1. The fourth-order valence-corrected chi connectivity index (χ4v) is 0. The molecular formula is CH4N2OS. The molecule has 4 heteroatoms.